The molecule has 0 aliphatic heterocycles. The van der Waals surface area contributed by atoms with E-state index in [0.717, 1.165) is 14.7 Å². The molecule has 5 nitrogen and oxygen atoms in total. The number of nitrogens with zero attached hydrogens (tertiary/aromatic N) is 1. The lowest BCUT2D eigenvalue weighted by molar-refractivity contribution is 0.0955. The Kier molecular flexibility index (Phi) is 7.01. The van der Waals surface area contributed by atoms with Crippen molar-refractivity contribution in [3.8, 4) is 11.5 Å². The number of carbonyl (C=O) groups excluding carboxylic acids is 1. The molecule has 1 N–H and O–H groups in total. The minimum atomic E-state index is -0.264. The molecule has 160 valence electrons. The summed E-state index contributed by atoms with van der Waals surface area (Å²) in [5.41, 5.74) is 4.98. The van der Waals surface area contributed by atoms with E-state index in [2.05, 4.69) is 57.4 Å². The van der Waals surface area contributed by atoms with Gasteiger partial charge in [-0.15, -0.1) is 0 Å². The van der Waals surface area contributed by atoms with E-state index in [1.54, 1.807) is 25.5 Å². The number of fused-ring (bicyclic) bond motifs is 1. The Balaban J connectivity index is 1.42. The van der Waals surface area contributed by atoms with Crippen molar-refractivity contribution in [3.05, 3.63) is 105 Å². The lowest BCUT2D eigenvalue weighted by atomic mass is 10.1. The highest BCUT2D eigenvalue weighted by Gasteiger charge is 2.08. The first kappa shape index (κ1) is 21.8. The van der Waals surface area contributed by atoms with Crippen LogP contribution in [-0.4, -0.2) is 19.2 Å². The molecule has 32 heavy (non-hydrogen) atoms. The molecule has 0 aliphatic carbocycles. The fourth-order valence-corrected chi connectivity index (χ4v) is 3.65. The lowest BCUT2D eigenvalue weighted by Gasteiger charge is -2.12. The normalized spacial score (nSPS) is 10.9. The minimum Gasteiger partial charge on any atom is -0.493 e. The number of benzene rings is 4. The van der Waals surface area contributed by atoms with Crippen LogP contribution >= 0.6 is 22.6 Å². The first-order chi connectivity index (χ1) is 15.6. The van der Waals surface area contributed by atoms with Crippen LogP contribution < -0.4 is 14.9 Å². The first-order valence-corrected chi connectivity index (χ1v) is 11.1. The van der Waals surface area contributed by atoms with Crippen LogP contribution in [0.25, 0.3) is 10.8 Å². The van der Waals surface area contributed by atoms with Gasteiger partial charge in [0.15, 0.2) is 11.5 Å². The van der Waals surface area contributed by atoms with E-state index in [1.165, 1.54) is 10.8 Å². The Labute approximate surface area is 200 Å². The molecule has 4 rings (SSSR count). The van der Waals surface area contributed by atoms with Crippen molar-refractivity contribution in [1.29, 1.82) is 0 Å². The van der Waals surface area contributed by atoms with Gasteiger partial charge in [0.05, 0.1) is 13.3 Å². The van der Waals surface area contributed by atoms with Crippen molar-refractivity contribution in [3.63, 3.8) is 0 Å². The Bertz CT molecular complexity index is 1260. The van der Waals surface area contributed by atoms with Gasteiger partial charge >= 0.3 is 0 Å². The Hall–Kier alpha value is -3.39. The molecular formula is C26H21IN2O3. The molecule has 0 radical (unpaired) electrons. The first-order valence-electron chi connectivity index (χ1n) is 10.0. The van der Waals surface area contributed by atoms with Crippen molar-refractivity contribution in [1.82, 2.24) is 5.43 Å². The topological polar surface area (TPSA) is 59.9 Å². The van der Waals surface area contributed by atoms with Crippen LogP contribution in [0.1, 0.15) is 21.5 Å². The van der Waals surface area contributed by atoms with Gasteiger partial charge in [0.1, 0.15) is 6.61 Å². The van der Waals surface area contributed by atoms with Gasteiger partial charge in [-0.3, -0.25) is 4.79 Å². The Morgan fingerprint density at radius 2 is 1.75 bits per heavy atom. The van der Waals surface area contributed by atoms with E-state index in [1.807, 2.05) is 48.5 Å². The molecule has 0 saturated heterocycles. The summed E-state index contributed by atoms with van der Waals surface area (Å²) >= 11 is 2.19. The number of hydrogen-bond donors (Lipinski definition) is 1. The highest BCUT2D eigenvalue weighted by atomic mass is 127. The van der Waals surface area contributed by atoms with Crippen molar-refractivity contribution < 1.29 is 14.3 Å². The average molecular weight is 536 g/mol. The monoisotopic (exact) mass is 536 g/mol. The van der Waals surface area contributed by atoms with E-state index in [4.69, 9.17) is 9.47 Å². The Morgan fingerprint density at radius 3 is 2.56 bits per heavy atom. The number of amides is 1. The number of carbonyl (C=O) groups is 1. The van der Waals surface area contributed by atoms with E-state index in [9.17, 15) is 4.79 Å². The molecule has 0 heterocycles. The predicted octanol–water partition coefficient (Wildman–Crippen LogP) is 5.80. The number of halogens is 1. The van der Waals surface area contributed by atoms with Gasteiger partial charge in [0.25, 0.3) is 5.91 Å². The predicted molar refractivity (Wildman–Crippen MR) is 135 cm³/mol. The van der Waals surface area contributed by atoms with Crippen molar-refractivity contribution >= 4 is 45.5 Å². The largest absolute Gasteiger partial charge is 0.493 e. The van der Waals surface area contributed by atoms with Crippen molar-refractivity contribution in [2.45, 2.75) is 6.61 Å². The molecule has 4 aromatic carbocycles. The Morgan fingerprint density at radius 1 is 0.969 bits per heavy atom. The molecule has 0 fully saturated rings. The van der Waals surface area contributed by atoms with Gasteiger partial charge in [-0.1, -0.05) is 42.5 Å². The maximum absolute atomic E-state index is 12.2. The second-order valence-electron chi connectivity index (χ2n) is 7.04. The summed E-state index contributed by atoms with van der Waals surface area (Å²) in [7, 11) is 1.60. The fraction of sp³-hybridized carbons (Fsp3) is 0.0769. The third-order valence-electron chi connectivity index (χ3n) is 4.94. The summed E-state index contributed by atoms with van der Waals surface area (Å²) < 4.78 is 12.6. The van der Waals surface area contributed by atoms with Gasteiger partial charge in [-0.2, -0.15) is 5.10 Å². The third-order valence-corrected chi connectivity index (χ3v) is 5.66. The number of ether oxygens (including phenoxy) is 2. The molecule has 4 aromatic rings. The van der Waals surface area contributed by atoms with Crippen LogP contribution in [0, 0.1) is 3.57 Å². The number of rotatable bonds is 7. The molecular weight excluding hydrogens is 515 g/mol. The van der Waals surface area contributed by atoms with Crippen LogP contribution in [-0.2, 0) is 6.61 Å². The summed E-state index contributed by atoms with van der Waals surface area (Å²) in [4.78, 5) is 12.2. The van der Waals surface area contributed by atoms with Crippen molar-refractivity contribution in [2.24, 2.45) is 5.10 Å². The lowest BCUT2D eigenvalue weighted by Crippen LogP contribution is -2.17. The molecule has 6 heteroatoms. The number of nitrogens with one attached hydrogen (secondary N) is 1. The standard InChI is InChI=1S/C26H21IN2O3/c1-31-25-15-18(16-28-29-26(30)20-10-12-22(27)13-11-20)9-14-24(25)32-17-21-7-4-6-19-5-2-3-8-23(19)21/h2-16H,17H2,1H3,(H,29,30)/b28-16-. The van der Waals surface area contributed by atoms with E-state index in [-0.39, 0.29) is 5.91 Å². The van der Waals surface area contributed by atoms with Crippen LogP contribution in [0.5, 0.6) is 11.5 Å². The van der Waals surface area contributed by atoms with Gasteiger partial charge in [-0.25, -0.2) is 5.43 Å². The van der Waals surface area contributed by atoms with Crippen LogP contribution in [0.15, 0.2) is 90.0 Å². The summed E-state index contributed by atoms with van der Waals surface area (Å²) in [5, 5.41) is 6.40. The average Bonchev–Trinajstić information content (AvgIpc) is 2.83. The summed E-state index contributed by atoms with van der Waals surface area (Å²) in [5.74, 6) is 0.971. The van der Waals surface area contributed by atoms with Gasteiger partial charge in [-0.05, 0) is 87.0 Å². The zero-order chi connectivity index (χ0) is 22.3. The highest BCUT2D eigenvalue weighted by molar-refractivity contribution is 14.1. The number of hydrazone groups is 1. The van der Waals surface area contributed by atoms with Gasteiger partial charge in [0.2, 0.25) is 0 Å². The van der Waals surface area contributed by atoms with E-state index < -0.39 is 0 Å². The van der Waals surface area contributed by atoms with Gasteiger partial charge in [0, 0.05) is 9.13 Å². The molecule has 0 aliphatic rings. The van der Waals surface area contributed by atoms with E-state index >= 15 is 0 Å². The zero-order valence-electron chi connectivity index (χ0n) is 17.4. The van der Waals surface area contributed by atoms with Crippen LogP contribution in [0.2, 0.25) is 0 Å². The maximum Gasteiger partial charge on any atom is 0.271 e. The quantitative estimate of drug-likeness (QED) is 0.185. The molecule has 1 amide bonds. The summed E-state index contributed by atoms with van der Waals surface area (Å²) in [6, 6.07) is 27.2. The molecule has 0 spiro atoms. The molecule has 0 aromatic heterocycles. The maximum atomic E-state index is 12.2. The fourth-order valence-electron chi connectivity index (χ4n) is 3.29. The minimum absolute atomic E-state index is 0.264. The summed E-state index contributed by atoms with van der Waals surface area (Å²) in [6.07, 6.45) is 1.57. The van der Waals surface area contributed by atoms with E-state index in [0.29, 0.717) is 23.7 Å². The molecule has 0 saturated carbocycles. The highest BCUT2D eigenvalue weighted by Crippen LogP contribution is 2.29. The van der Waals surface area contributed by atoms with Gasteiger partial charge < -0.3 is 9.47 Å². The van der Waals surface area contributed by atoms with Crippen LogP contribution in [0.4, 0.5) is 0 Å². The van der Waals surface area contributed by atoms with Crippen molar-refractivity contribution in [2.75, 3.05) is 7.11 Å². The SMILES string of the molecule is COc1cc(/C=N\NC(=O)c2ccc(I)cc2)ccc1OCc1cccc2ccccc12. The molecule has 0 atom stereocenters. The second-order valence-corrected chi connectivity index (χ2v) is 8.29. The smallest absolute Gasteiger partial charge is 0.271 e. The summed E-state index contributed by atoms with van der Waals surface area (Å²) in [6.45, 7) is 0.428. The number of methoxy groups -OCH3 is 1. The third kappa shape index (κ3) is 5.26. The zero-order valence-corrected chi connectivity index (χ0v) is 19.6. The molecule has 0 unspecified atom stereocenters. The molecule has 0 bridgehead atoms. The van der Waals surface area contributed by atoms with Crippen LogP contribution in [0.3, 0.4) is 0 Å². The second kappa shape index (κ2) is 10.3. The number of hydrogen-bond acceptors (Lipinski definition) is 4.